The molecule has 5 heteroatoms. The maximum Gasteiger partial charge on any atom is 0.170 e. The topological polar surface area (TPSA) is 24.1 Å². The van der Waals surface area contributed by atoms with Crippen LogP contribution in [-0.4, -0.2) is 11.7 Å². The normalized spacial score (nSPS) is 14.6. The Kier molecular flexibility index (Phi) is 5.47. The summed E-state index contributed by atoms with van der Waals surface area (Å²) in [6.07, 6.45) is 8.11. The molecule has 2 N–H and O–H groups in total. The summed E-state index contributed by atoms with van der Waals surface area (Å²) in [5.74, 6) is -1.25. The van der Waals surface area contributed by atoms with Crippen LogP contribution in [0.1, 0.15) is 32.1 Å². The molecule has 0 atom stereocenters. The van der Waals surface area contributed by atoms with Crippen molar-refractivity contribution in [3.8, 4) is 0 Å². The van der Waals surface area contributed by atoms with Gasteiger partial charge in [0, 0.05) is 12.6 Å². The van der Waals surface area contributed by atoms with Gasteiger partial charge in [-0.25, -0.2) is 8.78 Å². The lowest BCUT2D eigenvalue weighted by Gasteiger charge is -2.14. The highest BCUT2D eigenvalue weighted by atomic mass is 32.1. The van der Waals surface area contributed by atoms with E-state index in [2.05, 4.69) is 16.7 Å². The molecule has 1 aliphatic rings. The summed E-state index contributed by atoms with van der Waals surface area (Å²) in [7, 11) is 0. The van der Waals surface area contributed by atoms with Gasteiger partial charge < -0.3 is 10.6 Å². The van der Waals surface area contributed by atoms with E-state index >= 15 is 0 Å². The molecule has 2 rings (SSSR count). The number of allylic oxidation sites excluding steroid dienone is 1. The SMILES string of the molecule is Fc1ccc(NC(=S)NCCC2=CCCCC2)c(F)c1. The second kappa shape index (κ2) is 7.33. The summed E-state index contributed by atoms with van der Waals surface area (Å²) in [4.78, 5) is 0. The van der Waals surface area contributed by atoms with Crippen LogP contribution in [0.3, 0.4) is 0 Å². The maximum atomic E-state index is 13.4. The van der Waals surface area contributed by atoms with Gasteiger partial charge in [0.05, 0.1) is 5.69 Å². The molecule has 108 valence electrons. The predicted octanol–water partition coefficient (Wildman–Crippen LogP) is 4.14. The van der Waals surface area contributed by atoms with Crippen LogP contribution >= 0.6 is 12.2 Å². The van der Waals surface area contributed by atoms with E-state index in [-0.39, 0.29) is 5.69 Å². The smallest absolute Gasteiger partial charge is 0.170 e. The van der Waals surface area contributed by atoms with Crippen molar-refractivity contribution in [3.05, 3.63) is 41.5 Å². The fourth-order valence-corrected chi connectivity index (χ4v) is 2.44. The van der Waals surface area contributed by atoms with Gasteiger partial charge in [0.15, 0.2) is 5.11 Å². The number of nitrogens with one attached hydrogen (secondary N) is 2. The summed E-state index contributed by atoms with van der Waals surface area (Å²) in [6.45, 7) is 0.723. The number of thiocarbonyl (C=S) groups is 1. The Morgan fingerprint density at radius 2 is 2.10 bits per heavy atom. The molecule has 0 radical (unpaired) electrons. The molecule has 2 nitrogen and oxygen atoms in total. The molecule has 0 saturated carbocycles. The van der Waals surface area contributed by atoms with Crippen LogP contribution in [0, 0.1) is 11.6 Å². The number of hydrogen-bond acceptors (Lipinski definition) is 1. The molecule has 0 aliphatic heterocycles. The van der Waals surface area contributed by atoms with Crippen LogP contribution in [-0.2, 0) is 0 Å². The van der Waals surface area contributed by atoms with Gasteiger partial charge in [0.2, 0.25) is 0 Å². The number of rotatable bonds is 4. The molecule has 0 unspecified atom stereocenters. The quantitative estimate of drug-likeness (QED) is 0.645. The first kappa shape index (κ1) is 14.9. The Balaban J connectivity index is 1.76. The van der Waals surface area contributed by atoms with E-state index in [0.29, 0.717) is 5.11 Å². The Labute approximate surface area is 123 Å². The van der Waals surface area contributed by atoms with E-state index in [1.54, 1.807) is 0 Å². The highest BCUT2D eigenvalue weighted by molar-refractivity contribution is 7.80. The van der Waals surface area contributed by atoms with Crippen molar-refractivity contribution in [2.45, 2.75) is 32.1 Å². The standard InChI is InChI=1S/C15H18F2N2S/c16-12-6-7-14(13(17)10-12)19-15(20)18-9-8-11-4-2-1-3-5-11/h4,6-7,10H,1-3,5,8-9H2,(H2,18,19,20). The van der Waals surface area contributed by atoms with Gasteiger partial charge in [-0.3, -0.25) is 0 Å². The first-order chi connectivity index (χ1) is 9.65. The first-order valence-corrected chi connectivity index (χ1v) is 7.24. The van der Waals surface area contributed by atoms with Crippen LogP contribution in [0.25, 0.3) is 0 Å². The van der Waals surface area contributed by atoms with Crippen molar-refractivity contribution in [1.29, 1.82) is 0 Å². The molecular weight excluding hydrogens is 278 g/mol. The third-order valence-electron chi connectivity index (χ3n) is 3.30. The lowest BCUT2D eigenvalue weighted by Crippen LogP contribution is -2.29. The van der Waals surface area contributed by atoms with Gasteiger partial charge in [-0.15, -0.1) is 0 Å². The number of anilines is 1. The summed E-state index contributed by atoms with van der Waals surface area (Å²) < 4.78 is 26.2. The van der Waals surface area contributed by atoms with Crippen molar-refractivity contribution in [1.82, 2.24) is 5.32 Å². The molecule has 0 saturated heterocycles. The van der Waals surface area contributed by atoms with Crippen molar-refractivity contribution >= 4 is 23.0 Å². The van der Waals surface area contributed by atoms with E-state index in [0.717, 1.165) is 25.5 Å². The van der Waals surface area contributed by atoms with E-state index in [4.69, 9.17) is 12.2 Å². The summed E-state index contributed by atoms with van der Waals surface area (Å²) in [5, 5.41) is 6.13. The average molecular weight is 296 g/mol. The summed E-state index contributed by atoms with van der Waals surface area (Å²) in [6, 6.07) is 3.36. The van der Waals surface area contributed by atoms with Crippen LogP contribution in [0.2, 0.25) is 0 Å². The van der Waals surface area contributed by atoms with E-state index in [9.17, 15) is 8.78 Å². The lowest BCUT2D eigenvalue weighted by atomic mass is 9.97. The highest BCUT2D eigenvalue weighted by Gasteiger charge is 2.06. The van der Waals surface area contributed by atoms with Crippen molar-refractivity contribution in [3.63, 3.8) is 0 Å². The van der Waals surface area contributed by atoms with Gasteiger partial charge in [-0.2, -0.15) is 0 Å². The van der Waals surface area contributed by atoms with Crippen LogP contribution in [0.5, 0.6) is 0 Å². The van der Waals surface area contributed by atoms with E-state index in [1.165, 1.54) is 37.0 Å². The molecule has 0 aromatic heterocycles. The number of benzene rings is 1. The Morgan fingerprint density at radius 1 is 1.25 bits per heavy atom. The van der Waals surface area contributed by atoms with Gasteiger partial charge in [0.1, 0.15) is 11.6 Å². The molecule has 20 heavy (non-hydrogen) atoms. The molecule has 1 aromatic rings. The van der Waals surface area contributed by atoms with Crippen molar-refractivity contribution in [2.24, 2.45) is 0 Å². The molecule has 1 aliphatic carbocycles. The molecular formula is C15H18F2N2S. The van der Waals surface area contributed by atoms with Gasteiger partial charge in [0.25, 0.3) is 0 Å². The highest BCUT2D eigenvalue weighted by Crippen LogP contribution is 2.19. The minimum absolute atomic E-state index is 0.181. The number of halogens is 2. The second-order valence-corrected chi connectivity index (χ2v) is 5.27. The molecule has 0 spiro atoms. The zero-order valence-corrected chi connectivity index (χ0v) is 12.0. The monoisotopic (exact) mass is 296 g/mol. The Bertz CT molecular complexity index is 515. The van der Waals surface area contributed by atoms with Gasteiger partial charge in [-0.05, 0) is 56.5 Å². The predicted molar refractivity (Wildman–Crippen MR) is 81.7 cm³/mol. The third kappa shape index (κ3) is 4.56. The largest absolute Gasteiger partial charge is 0.362 e. The first-order valence-electron chi connectivity index (χ1n) is 6.83. The molecule has 0 fully saturated rings. The second-order valence-electron chi connectivity index (χ2n) is 4.86. The zero-order valence-electron chi connectivity index (χ0n) is 11.2. The third-order valence-corrected chi connectivity index (χ3v) is 3.54. The summed E-state index contributed by atoms with van der Waals surface area (Å²) in [5.41, 5.74) is 1.64. The molecule has 1 aromatic carbocycles. The summed E-state index contributed by atoms with van der Waals surface area (Å²) >= 11 is 5.09. The zero-order chi connectivity index (χ0) is 14.4. The maximum absolute atomic E-state index is 13.4. The average Bonchev–Trinajstić information content (AvgIpc) is 2.43. The van der Waals surface area contributed by atoms with E-state index < -0.39 is 11.6 Å². The van der Waals surface area contributed by atoms with Crippen molar-refractivity contribution in [2.75, 3.05) is 11.9 Å². The molecule has 0 amide bonds. The fourth-order valence-electron chi connectivity index (χ4n) is 2.23. The van der Waals surface area contributed by atoms with Gasteiger partial charge in [-0.1, -0.05) is 11.6 Å². The minimum atomic E-state index is -0.649. The Morgan fingerprint density at radius 3 is 2.80 bits per heavy atom. The molecule has 0 bridgehead atoms. The molecule has 0 heterocycles. The van der Waals surface area contributed by atoms with Crippen LogP contribution in [0.15, 0.2) is 29.8 Å². The van der Waals surface area contributed by atoms with E-state index in [1.807, 2.05) is 0 Å². The van der Waals surface area contributed by atoms with Crippen molar-refractivity contribution < 1.29 is 8.78 Å². The van der Waals surface area contributed by atoms with Gasteiger partial charge >= 0.3 is 0 Å². The lowest BCUT2D eigenvalue weighted by molar-refractivity contribution is 0.586. The van der Waals surface area contributed by atoms with Crippen LogP contribution < -0.4 is 10.6 Å². The Hall–Kier alpha value is -1.49. The van der Waals surface area contributed by atoms with Crippen LogP contribution in [0.4, 0.5) is 14.5 Å². The minimum Gasteiger partial charge on any atom is -0.362 e. The number of hydrogen-bond donors (Lipinski definition) is 2. The fraction of sp³-hybridized carbons (Fsp3) is 0.400.